The molecule has 1 aliphatic rings. The number of nitrogens with zero attached hydrogens (tertiary/aromatic N) is 3. The molecule has 3 aromatic rings. The molecular formula is C20H23FN4O2S. The average Bonchev–Trinajstić information content (AvgIpc) is 3.34. The summed E-state index contributed by atoms with van der Waals surface area (Å²) in [6.45, 7) is 5.85. The molecule has 0 aliphatic carbocycles. The molecule has 0 radical (unpaired) electrons. The van der Waals surface area contributed by atoms with Gasteiger partial charge in [-0.25, -0.2) is 4.39 Å². The summed E-state index contributed by atoms with van der Waals surface area (Å²) >= 11 is 1.52. The van der Waals surface area contributed by atoms with Crippen molar-refractivity contribution in [1.82, 2.24) is 15.1 Å². The van der Waals surface area contributed by atoms with E-state index in [0.29, 0.717) is 13.0 Å². The van der Waals surface area contributed by atoms with Gasteiger partial charge >= 0.3 is 0 Å². The fourth-order valence-corrected chi connectivity index (χ4v) is 4.07. The van der Waals surface area contributed by atoms with E-state index in [4.69, 9.17) is 9.15 Å². The molecule has 0 amide bonds. The SMILES string of the molecule is Cc1ccc(C(CNc2nnc(Cc3ccc(F)cc3)s2)N2CCOCC2)o1. The second-order valence-electron chi connectivity index (χ2n) is 6.80. The number of nitrogens with one attached hydrogen (secondary N) is 1. The minimum Gasteiger partial charge on any atom is -0.465 e. The summed E-state index contributed by atoms with van der Waals surface area (Å²) in [7, 11) is 0. The van der Waals surface area contributed by atoms with Gasteiger partial charge in [0.1, 0.15) is 22.3 Å². The van der Waals surface area contributed by atoms with Gasteiger partial charge in [-0.05, 0) is 36.8 Å². The van der Waals surface area contributed by atoms with Crippen LogP contribution in [-0.2, 0) is 11.2 Å². The van der Waals surface area contributed by atoms with Gasteiger partial charge in [0.05, 0.1) is 19.3 Å². The highest BCUT2D eigenvalue weighted by molar-refractivity contribution is 7.15. The number of halogens is 1. The number of anilines is 1. The lowest BCUT2D eigenvalue weighted by atomic mass is 10.1. The number of ether oxygens (including phenoxy) is 1. The van der Waals surface area contributed by atoms with Crippen LogP contribution in [0.1, 0.15) is 28.1 Å². The van der Waals surface area contributed by atoms with Crippen molar-refractivity contribution in [2.45, 2.75) is 19.4 Å². The Balaban J connectivity index is 1.41. The summed E-state index contributed by atoms with van der Waals surface area (Å²) in [5, 5.41) is 13.6. The maximum Gasteiger partial charge on any atom is 0.205 e. The highest BCUT2D eigenvalue weighted by Crippen LogP contribution is 2.26. The second-order valence-corrected chi connectivity index (χ2v) is 7.86. The fourth-order valence-electron chi connectivity index (χ4n) is 3.29. The molecule has 28 heavy (non-hydrogen) atoms. The van der Waals surface area contributed by atoms with Crippen molar-refractivity contribution in [2.75, 3.05) is 38.2 Å². The van der Waals surface area contributed by atoms with Crippen molar-refractivity contribution < 1.29 is 13.5 Å². The van der Waals surface area contributed by atoms with Gasteiger partial charge in [-0.15, -0.1) is 10.2 Å². The van der Waals surface area contributed by atoms with Gasteiger partial charge in [0.25, 0.3) is 0 Å². The fraction of sp³-hybridized carbons (Fsp3) is 0.400. The molecule has 1 atom stereocenters. The molecule has 2 aromatic heterocycles. The lowest BCUT2D eigenvalue weighted by Gasteiger charge is -2.33. The number of benzene rings is 1. The van der Waals surface area contributed by atoms with E-state index in [1.165, 1.54) is 23.5 Å². The molecule has 8 heteroatoms. The molecular weight excluding hydrogens is 379 g/mol. The van der Waals surface area contributed by atoms with Crippen LogP contribution in [0.25, 0.3) is 0 Å². The summed E-state index contributed by atoms with van der Waals surface area (Å²) in [6, 6.07) is 10.6. The number of aryl methyl sites for hydroxylation is 1. The second kappa shape index (κ2) is 8.81. The van der Waals surface area contributed by atoms with E-state index in [1.807, 2.05) is 19.1 Å². The van der Waals surface area contributed by atoms with Gasteiger partial charge in [-0.2, -0.15) is 0 Å². The zero-order valence-corrected chi connectivity index (χ0v) is 16.5. The molecule has 0 spiro atoms. The highest BCUT2D eigenvalue weighted by Gasteiger charge is 2.25. The molecule has 1 aliphatic heterocycles. The van der Waals surface area contributed by atoms with Crippen molar-refractivity contribution in [3.05, 3.63) is 64.3 Å². The van der Waals surface area contributed by atoms with E-state index < -0.39 is 0 Å². The minimum atomic E-state index is -0.231. The van der Waals surface area contributed by atoms with E-state index in [1.54, 1.807) is 12.1 Å². The Bertz CT molecular complexity index is 890. The topological polar surface area (TPSA) is 63.4 Å². The van der Waals surface area contributed by atoms with E-state index in [9.17, 15) is 4.39 Å². The Morgan fingerprint density at radius 3 is 2.64 bits per heavy atom. The first kappa shape index (κ1) is 19.0. The summed E-state index contributed by atoms with van der Waals surface area (Å²) < 4.78 is 24.4. The Morgan fingerprint density at radius 2 is 1.93 bits per heavy atom. The van der Waals surface area contributed by atoms with Crippen LogP contribution in [0.2, 0.25) is 0 Å². The van der Waals surface area contributed by atoms with E-state index >= 15 is 0 Å². The Hall–Kier alpha value is -2.29. The van der Waals surface area contributed by atoms with Crippen LogP contribution in [0.5, 0.6) is 0 Å². The first-order chi connectivity index (χ1) is 13.7. The van der Waals surface area contributed by atoms with Crippen LogP contribution >= 0.6 is 11.3 Å². The van der Waals surface area contributed by atoms with Crippen molar-refractivity contribution in [3.8, 4) is 0 Å². The third-order valence-electron chi connectivity index (χ3n) is 4.76. The lowest BCUT2D eigenvalue weighted by Crippen LogP contribution is -2.41. The third-order valence-corrected chi connectivity index (χ3v) is 5.64. The Morgan fingerprint density at radius 1 is 1.14 bits per heavy atom. The van der Waals surface area contributed by atoms with Crippen molar-refractivity contribution >= 4 is 16.5 Å². The average molecular weight is 402 g/mol. The molecule has 4 rings (SSSR count). The van der Waals surface area contributed by atoms with Gasteiger partial charge in [-0.3, -0.25) is 4.90 Å². The van der Waals surface area contributed by atoms with Crippen LogP contribution in [0, 0.1) is 12.7 Å². The van der Waals surface area contributed by atoms with Gasteiger partial charge in [0.15, 0.2) is 0 Å². The van der Waals surface area contributed by atoms with E-state index in [0.717, 1.165) is 53.5 Å². The molecule has 1 N–H and O–H groups in total. The highest BCUT2D eigenvalue weighted by atomic mass is 32.1. The van der Waals surface area contributed by atoms with Crippen LogP contribution in [-0.4, -0.2) is 47.9 Å². The van der Waals surface area contributed by atoms with Crippen LogP contribution in [0.4, 0.5) is 9.52 Å². The predicted octanol–water partition coefficient (Wildman–Crippen LogP) is 3.65. The number of morpholine rings is 1. The van der Waals surface area contributed by atoms with Crippen molar-refractivity contribution in [2.24, 2.45) is 0 Å². The monoisotopic (exact) mass is 402 g/mol. The van der Waals surface area contributed by atoms with Crippen LogP contribution < -0.4 is 5.32 Å². The lowest BCUT2D eigenvalue weighted by molar-refractivity contribution is 0.0143. The standard InChI is InChI=1S/C20H23FN4O2S/c1-14-2-7-18(27-14)17(25-8-10-26-11-9-25)13-22-20-24-23-19(28-20)12-15-3-5-16(21)6-4-15/h2-7,17H,8-13H2,1H3,(H,22,24). The molecule has 6 nitrogen and oxygen atoms in total. The van der Waals surface area contributed by atoms with Crippen molar-refractivity contribution in [1.29, 1.82) is 0 Å². The zero-order chi connectivity index (χ0) is 19.3. The Kier molecular flexibility index (Phi) is 5.99. The summed E-state index contributed by atoms with van der Waals surface area (Å²) in [5.74, 6) is 1.62. The Labute approximate surface area is 167 Å². The third kappa shape index (κ3) is 4.76. The summed E-state index contributed by atoms with van der Waals surface area (Å²) in [4.78, 5) is 2.37. The van der Waals surface area contributed by atoms with Gasteiger partial charge in [-0.1, -0.05) is 23.5 Å². The normalized spacial score (nSPS) is 16.2. The molecule has 0 saturated carbocycles. The smallest absolute Gasteiger partial charge is 0.205 e. The minimum absolute atomic E-state index is 0.113. The van der Waals surface area contributed by atoms with Gasteiger partial charge in [0, 0.05) is 26.1 Å². The zero-order valence-electron chi connectivity index (χ0n) is 15.7. The maximum absolute atomic E-state index is 13.0. The molecule has 148 valence electrons. The van der Waals surface area contributed by atoms with E-state index in [2.05, 4.69) is 20.4 Å². The predicted molar refractivity (Wildman–Crippen MR) is 106 cm³/mol. The number of rotatable bonds is 7. The maximum atomic E-state index is 13.0. The molecule has 1 saturated heterocycles. The van der Waals surface area contributed by atoms with Crippen molar-refractivity contribution in [3.63, 3.8) is 0 Å². The summed E-state index contributed by atoms with van der Waals surface area (Å²) in [6.07, 6.45) is 0.643. The summed E-state index contributed by atoms with van der Waals surface area (Å²) in [5.41, 5.74) is 1.02. The van der Waals surface area contributed by atoms with Crippen LogP contribution in [0.3, 0.4) is 0 Å². The molecule has 1 aromatic carbocycles. The first-order valence-corrected chi connectivity index (χ1v) is 10.2. The molecule has 1 unspecified atom stereocenters. The number of hydrogen-bond donors (Lipinski definition) is 1. The van der Waals surface area contributed by atoms with Gasteiger partial charge < -0.3 is 14.5 Å². The molecule has 3 heterocycles. The van der Waals surface area contributed by atoms with Gasteiger partial charge in [0.2, 0.25) is 5.13 Å². The number of hydrogen-bond acceptors (Lipinski definition) is 7. The molecule has 0 bridgehead atoms. The molecule has 1 fully saturated rings. The quantitative estimate of drug-likeness (QED) is 0.651. The van der Waals surface area contributed by atoms with Crippen LogP contribution in [0.15, 0.2) is 40.8 Å². The largest absolute Gasteiger partial charge is 0.465 e. The van der Waals surface area contributed by atoms with E-state index in [-0.39, 0.29) is 11.9 Å². The first-order valence-electron chi connectivity index (χ1n) is 9.36. The number of furan rings is 1. The number of aromatic nitrogens is 2.